The average molecular weight is 294 g/mol. The van der Waals surface area contributed by atoms with E-state index in [1.807, 2.05) is 16.7 Å². The molecular formula is C14H16ClN3O2. The molecule has 0 aliphatic heterocycles. The summed E-state index contributed by atoms with van der Waals surface area (Å²) in [6.45, 7) is 2.33. The van der Waals surface area contributed by atoms with Gasteiger partial charge in [-0.1, -0.05) is 6.07 Å². The lowest BCUT2D eigenvalue weighted by Crippen LogP contribution is -2.11. The average Bonchev–Trinajstić information content (AvgIpc) is 2.85. The molecule has 0 N–H and O–H groups in total. The summed E-state index contributed by atoms with van der Waals surface area (Å²) in [5.41, 5.74) is 2.17. The second kappa shape index (κ2) is 7.25. The Morgan fingerprint density at radius 2 is 2.20 bits per heavy atom. The lowest BCUT2D eigenvalue weighted by molar-refractivity contribution is 0.0667. The van der Waals surface area contributed by atoms with Crippen molar-refractivity contribution in [2.75, 3.05) is 26.9 Å². The molecule has 0 saturated carbocycles. The Hall–Kier alpha value is -1.61. The Labute approximate surface area is 122 Å². The van der Waals surface area contributed by atoms with Gasteiger partial charge in [0.1, 0.15) is 17.4 Å². The minimum atomic E-state index is 0.303. The molecule has 6 heteroatoms. The van der Waals surface area contributed by atoms with E-state index in [0.717, 1.165) is 11.3 Å². The zero-order valence-electron chi connectivity index (χ0n) is 11.3. The predicted octanol–water partition coefficient (Wildman–Crippen LogP) is 2.31. The van der Waals surface area contributed by atoms with Gasteiger partial charge in [-0.2, -0.15) is 5.26 Å². The van der Waals surface area contributed by atoms with Gasteiger partial charge in [0.25, 0.3) is 0 Å². The van der Waals surface area contributed by atoms with Crippen LogP contribution in [-0.2, 0) is 21.9 Å². The molecule has 106 valence electrons. The lowest BCUT2D eigenvalue weighted by atomic mass is 10.2. The molecule has 1 aromatic carbocycles. The summed E-state index contributed by atoms with van der Waals surface area (Å²) in [7, 11) is 1.64. The molecule has 0 aliphatic carbocycles. The van der Waals surface area contributed by atoms with E-state index in [4.69, 9.17) is 26.3 Å². The fraction of sp³-hybridized carbons (Fsp3) is 0.429. The molecule has 0 unspecified atom stereocenters. The molecule has 5 nitrogen and oxygen atoms in total. The highest BCUT2D eigenvalue weighted by Gasteiger charge is 2.12. The predicted molar refractivity (Wildman–Crippen MR) is 76.7 cm³/mol. The van der Waals surface area contributed by atoms with E-state index in [1.54, 1.807) is 13.2 Å². The SMILES string of the molecule is COCCOCCn1c(CCl)nc2c(C#N)cccc21. The molecule has 1 aromatic heterocycles. The Morgan fingerprint density at radius 3 is 2.90 bits per heavy atom. The molecule has 0 atom stereocenters. The van der Waals surface area contributed by atoms with Crippen LogP contribution >= 0.6 is 11.6 Å². The smallest absolute Gasteiger partial charge is 0.124 e. The highest BCUT2D eigenvalue weighted by Crippen LogP contribution is 2.20. The number of hydrogen-bond donors (Lipinski definition) is 0. The maximum absolute atomic E-state index is 9.11. The van der Waals surface area contributed by atoms with Crippen molar-refractivity contribution in [1.29, 1.82) is 5.26 Å². The van der Waals surface area contributed by atoms with E-state index in [0.29, 0.717) is 43.3 Å². The van der Waals surface area contributed by atoms with Crippen LogP contribution in [0.2, 0.25) is 0 Å². The third-order valence-electron chi connectivity index (χ3n) is 2.99. The Kier molecular flexibility index (Phi) is 5.36. The van der Waals surface area contributed by atoms with Crippen molar-refractivity contribution in [3.8, 4) is 6.07 Å². The van der Waals surface area contributed by atoms with Crippen molar-refractivity contribution < 1.29 is 9.47 Å². The van der Waals surface area contributed by atoms with Gasteiger partial charge >= 0.3 is 0 Å². The number of rotatable bonds is 7. The van der Waals surface area contributed by atoms with Gasteiger partial charge in [0.2, 0.25) is 0 Å². The molecule has 0 amide bonds. The second-order valence-corrected chi connectivity index (χ2v) is 4.47. The van der Waals surface area contributed by atoms with Gasteiger partial charge in [0, 0.05) is 13.7 Å². The van der Waals surface area contributed by atoms with E-state index in [-0.39, 0.29) is 0 Å². The molecule has 0 saturated heterocycles. The first-order valence-corrected chi connectivity index (χ1v) is 6.86. The summed E-state index contributed by atoms with van der Waals surface area (Å²) < 4.78 is 12.4. The van der Waals surface area contributed by atoms with Gasteiger partial charge in [-0.15, -0.1) is 11.6 Å². The third kappa shape index (κ3) is 3.10. The lowest BCUT2D eigenvalue weighted by Gasteiger charge is -2.08. The summed E-state index contributed by atoms with van der Waals surface area (Å²) in [5.74, 6) is 1.05. The molecule has 2 rings (SSSR count). The number of halogens is 1. The van der Waals surface area contributed by atoms with E-state index in [1.165, 1.54) is 0 Å². The number of nitriles is 1. The number of methoxy groups -OCH3 is 1. The number of imidazole rings is 1. The van der Waals surface area contributed by atoms with Crippen LogP contribution in [0.1, 0.15) is 11.4 Å². The number of alkyl halides is 1. The zero-order valence-corrected chi connectivity index (χ0v) is 12.1. The van der Waals surface area contributed by atoms with Crippen molar-refractivity contribution in [1.82, 2.24) is 9.55 Å². The molecule has 0 bridgehead atoms. The van der Waals surface area contributed by atoms with Crippen LogP contribution in [0.4, 0.5) is 0 Å². The Balaban J connectivity index is 2.21. The Morgan fingerprint density at radius 1 is 1.35 bits per heavy atom. The molecule has 1 heterocycles. The van der Waals surface area contributed by atoms with Gasteiger partial charge in [-0.25, -0.2) is 4.98 Å². The Bertz CT molecular complexity index is 619. The van der Waals surface area contributed by atoms with Gasteiger partial charge < -0.3 is 14.0 Å². The van der Waals surface area contributed by atoms with Crippen molar-refractivity contribution in [2.45, 2.75) is 12.4 Å². The standard InChI is InChI=1S/C14H16ClN3O2/c1-19-7-8-20-6-5-18-12-4-2-3-11(10-16)14(12)17-13(18)9-15/h2-4H,5-9H2,1H3. The topological polar surface area (TPSA) is 60.1 Å². The molecule has 0 spiro atoms. The minimum absolute atomic E-state index is 0.303. The van der Waals surface area contributed by atoms with Crippen LogP contribution in [0.25, 0.3) is 11.0 Å². The number of aromatic nitrogens is 2. The molecule has 0 fully saturated rings. The minimum Gasteiger partial charge on any atom is -0.382 e. The van der Waals surface area contributed by atoms with Crippen molar-refractivity contribution in [3.63, 3.8) is 0 Å². The van der Waals surface area contributed by atoms with E-state index < -0.39 is 0 Å². The van der Waals surface area contributed by atoms with Crippen molar-refractivity contribution in [3.05, 3.63) is 29.6 Å². The van der Waals surface area contributed by atoms with Gasteiger partial charge in [0.15, 0.2) is 0 Å². The van der Waals surface area contributed by atoms with E-state index >= 15 is 0 Å². The number of hydrogen-bond acceptors (Lipinski definition) is 4. The molecular weight excluding hydrogens is 278 g/mol. The van der Waals surface area contributed by atoms with Crippen LogP contribution in [0.5, 0.6) is 0 Å². The highest BCUT2D eigenvalue weighted by atomic mass is 35.5. The fourth-order valence-corrected chi connectivity index (χ4v) is 2.24. The fourth-order valence-electron chi connectivity index (χ4n) is 2.04. The van der Waals surface area contributed by atoms with Crippen LogP contribution < -0.4 is 0 Å². The molecule has 2 aromatic rings. The summed E-state index contributed by atoms with van der Waals surface area (Å²) >= 11 is 5.93. The molecule has 0 aliphatic rings. The summed E-state index contributed by atoms with van der Waals surface area (Å²) in [6.07, 6.45) is 0. The molecule has 0 radical (unpaired) electrons. The van der Waals surface area contributed by atoms with Gasteiger partial charge in [-0.3, -0.25) is 0 Å². The first-order valence-electron chi connectivity index (χ1n) is 6.32. The second-order valence-electron chi connectivity index (χ2n) is 4.20. The number of benzene rings is 1. The number of nitrogens with zero attached hydrogens (tertiary/aromatic N) is 3. The zero-order chi connectivity index (χ0) is 14.4. The van der Waals surface area contributed by atoms with Crippen molar-refractivity contribution >= 4 is 22.6 Å². The third-order valence-corrected chi connectivity index (χ3v) is 3.23. The van der Waals surface area contributed by atoms with Gasteiger partial charge in [0.05, 0.1) is 36.8 Å². The first kappa shape index (κ1) is 14.8. The highest BCUT2D eigenvalue weighted by molar-refractivity contribution is 6.16. The van der Waals surface area contributed by atoms with Gasteiger partial charge in [-0.05, 0) is 12.1 Å². The number of para-hydroxylation sites is 1. The van der Waals surface area contributed by atoms with E-state index in [9.17, 15) is 0 Å². The van der Waals surface area contributed by atoms with Crippen LogP contribution in [-0.4, -0.2) is 36.5 Å². The monoisotopic (exact) mass is 293 g/mol. The normalized spacial score (nSPS) is 10.8. The number of ether oxygens (including phenoxy) is 2. The van der Waals surface area contributed by atoms with E-state index in [2.05, 4.69) is 11.1 Å². The van der Waals surface area contributed by atoms with Crippen molar-refractivity contribution in [2.24, 2.45) is 0 Å². The number of fused-ring (bicyclic) bond motifs is 1. The van der Waals surface area contributed by atoms with Crippen LogP contribution in [0, 0.1) is 11.3 Å². The van der Waals surface area contributed by atoms with Crippen LogP contribution in [0.15, 0.2) is 18.2 Å². The molecule has 20 heavy (non-hydrogen) atoms. The first-order chi connectivity index (χ1) is 9.81. The maximum atomic E-state index is 9.11. The summed E-state index contributed by atoms with van der Waals surface area (Å²) in [5, 5.41) is 9.11. The maximum Gasteiger partial charge on any atom is 0.124 e. The summed E-state index contributed by atoms with van der Waals surface area (Å²) in [4.78, 5) is 4.45. The van der Waals surface area contributed by atoms with Crippen LogP contribution in [0.3, 0.4) is 0 Å². The largest absolute Gasteiger partial charge is 0.382 e. The quantitative estimate of drug-likeness (QED) is 0.580. The summed E-state index contributed by atoms with van der Waals surface area (Å²) in [6, 6.07) is 7.70.